The number of benzene rings is 1. The number of methoxy groups -OCH3 is 2. The minimum absolute atomic E-state index is 0.256. The smallest absolute Gasteiger partial charge is 0.338 e. The van der Waals surface area contributed by atoms with Crippen molar-refractivity contribution < 1.29 is 23.8 Å². The third-order valence-corrected chi connectivity index (χ3v) is 6.89. The Balaban J connectivity index is 1.89. The van der Waals surface area contributed by atoms with E-state index in [2.05, 4.69) is 4.99 Å². The van der Waals surface area contributed by atoms with Crippen molar-refractivity contribution in [1.29, 1.82) is 0 Å². The number of hydrogen-bond acceptors (Lipinski definition) is 9. The minimum atomic E-state index is -0.622. The number of thiophene rings is 1. The second-order valence-electron chi connectivity index (χ2n) is 7.09. The van der Waals surface area contributed by atoms with Crippen LogP contribution in [-0.2, 0) is 14.3 Å². The maximum atomic E-state index is 13.5. The number of thiazole rings is 1. The highest BCUT2D eigenvalue weighted by Crippen LogP contribution is 2.33. The van der Waals surface area contributed by atoms with Gasteiger partial charge in [-0.3, -0.25) is 14.2 Å². The standard InChI is InChI=1S/C23H20N2O6S2/c1-12-19(22(28)30-4)20(17-6-5-9-32-17)25-21(27)18(33-23(25)24-12)11-14-7-8-15(29-3)16(10-14)31-13(2)26/h5-11,20H,1-4H3/t20-/m0/s1. The zero-order valence-corrected chi connectivity index (χ0v) is 19.9. The molecule has 8 nitrogen and oxygen atoms in total. The van der Waals surface area contributed by atoms with Crippen molar-refractivity contribution in [3.8, 4) is 11.5 Å². The first-order valence-corrected chi connectivity index (χ1v) is 11.5. The molecule has 0 N–H and O–H groups in total. The molecule has 4 rings (SSSR count). The van der Waals surface area contributed by atoms with E-state index in [1.807, 2.05) is 17.5 Å². The van der Waals surface area contributed by atoms with E-state index in [0.29, 0.717) is 31.9 Å². The average Bonchev–Trinajstić information content (AvgIpc) is 3.41. The zero-order chi connectivity index (χ0) is 23.7. The van der Waals surface area contributed by atoms with Gasteiger partial charge in [-0.2, -0.15) is 0 Å². The molecular weight excluding hydrogens is 464 g/mol. The SMILES string of the molecule is COC(=O)C1=C(C)N=c2sc(=Cc3ccc(OC)c(OC(C)=O)c3)c(=O)n2[C@H]1c1cccs1. The molecule has 2 aromatic heterocycles. The molecule has 3 heterocycles. The molecular formula is C23H20N2O6S2. The molecule has 1 atom stereocenters. The number of aromatic nitrogens is 1. The number of rotatable bonds is 5. The van der Waals surface area contributed by atoms with Crippen molar-refractivity contribution in [3.05, 3.63) is 77.1 Å². The lowest BCUT2D eigenvalue weighted by Gasteiger charge is -2.22. The topological polar surface area (TPSA) is 96.2 Å². The van der Waals surface area contributed by atoms with Crippen LogP contribution < -0.4 is 24.4 Å². The van der Waals surface area contributed by atoms with Crippen molar-refractivity contribution in [1.82, 2.24) is 4.57 Å². The van der Waals surface area contributed by atoms with Gasteiger partial charge in [-0.05, 0) is 42.1 Å². The van der Waals surface area contributed by atoms with Crippen LogP contribution >= 0.6 is 22.7 Å². The number of nitrogens with zero attached hydrogens (tertiary/aromatic N) is 2. The summed E-state index contributed by atoms with van der Waals surface area (Å²) in [4.78, 5) is 43.3. The van der Waals surface area contributed by atoms with Crippen molar-refractivity contribution in [3.63, 3.8) is 0 Å². The van der Waals surface area contributed by atoms with Crippen molar-refractivity contribution >= 4 is 40.7 Å². The quantitative estimate of drug-likeness (QED) is 0.408. The highest BCUT2D eigenvalue weighted by atomic mass is 32.1. The first kappa shape index (κ1) is 22.7. The molecule has 0 radical (unpaired) electrons. The molecule has 0 amide bonds. The summed E-state index contributed by atoms with van der Waals surface area (Å²) >= 11 is 2.67. The summed E-state index contributed by atoms with van der Waals surface area (Å²) in [5.74, 6) is -0.344. The average molecular weight is 485 g/mol. The van der Waals surface area contributed by atoms with E-state index in [9.17, 15) is 14.4 Å². The Kier molecular flexibility index (Phi) is 6.30. The van der Waals surface area contributed by atoms with Gasteiger partial charge >= 0.3 is 11.9 Å². The van der Waals surface area contributed by atoms with Gasteiger partial charge in [0.1, 0.15) is 6.04 Å². The molecule has 0 saturated carbocycles. The van der Waals surface area contributed by atoms with E-state index in [-0.39, 0.29) is 11.3 Å². The van der Waals surface area contributed by atoms with Crippen LogP contribution in [0.25, 0.3) is 6.08 Å². The van der Waals surface area contributed by atoms with Crippen LogP contribution in [0.4, 0.5) is 0 Å². The summed E-state index contributed by atoms with van der Waals surface area (Å²) in [6, 6.07) is 8.17. The maximum absolute atomic E-state index is 13.5. The van der Waals surface area contributed by atoms with Crippen molar-refractivity contribution in [2.75, 3.05) is 14.2 Å². The van der Waals surface area contributed by atoms with Gasteiger partial charge in [-0.15, -0.1) is 11.3 Å². The summed E-state index contributed by atoms with van der Waals surface area (Å²) in [7, 11) is 2.79. The lowest BCUT2D eigenvalue weighted by Crippen LogP contribution is -2.39. The molecule has 10 heteroatoms. The predicted molar refractivity (Wildman–Crippen MR) is 124 cm³/mol. The Hall–Kier alpha value is -3.50. The number of esters is 2. The van der Waals surface area contributed by atoms with Gasteiger partial charge in [0.25, 0.3) is 5.56 Å². The summed E-state index contributed by atoms with van der Waals surface area (Å²) in [6.45, 7) is 3.04. The van der Waals surface area contributed by atoms with E-state index < -0.39 is 18.0 Å². The van der Waals surface area contributed by atoms with E-state index >= 15 is 0 Å². The molecule has 1 aromatic carbocycles. The van der Waals surface area contributed by atoms with Gasteiger partial charge in [0.2, 0.25) is 0 Å². The lowest BCUT2D eigenvalue weighted by atomic mass is 10.0. The molecule has 33 heavy (non-hydrogen) atoms. The highest BCUT2D eigenvalue weighted by Gasteiger charge is 2.33. The molecule has 3 aromatic rings. The highest BCUT2D eigenvalue weighted by molar-refractivity contribution is 7.10. The predicted octanol–water partition coefficient (Wildman–Crippen LogP) is 2.40. The summed E-state index contributed by atoms with van der Waals surface area (Å²) in [5.41, 5.74) is 1.21. The van der Waals surface area contributed by atoms with Gasteiger partial charge < -0.3 is 14.2 Å². The van der Waals surface area contributed by atoms with E-state index in [1.54, 1.807) is 31.2 Å². The zero-order valence-electron chi connectivity index (χ0n) is 18.3. The van der Waals surface area contributed by atoms with E-state index in [4.69, 9.17) is 14.2 Å². The van der Waals surface area contributed by atoms with Gasteiger partial charge in [0, 0.05) is 11.8 Å². The number of fused-ring (bicyclic) bond motifs is 1. The first-order chi connectivity index (χ1) is 15.8. The molecule has 0 unspecified atom stereocenters. The largest absolute Gasteiger partial charge is 0.493 e. The van der Waals surface area contributed by atoms with Crippen LogP contribution in [0.15, 0.2) is 56.8 Å². The number of hydrogen-bond donors (Lipinski definition) is 0. The van der Waals surface area contributed by atoms with E-state index in [1.165, 1.54) is 48.4 Å². The molecule has 0 bridgehead atoms. The molecule has 1 aliphatic rings. The normalized spacial score (nSPS) is 15.6. The maximum Gasteiger partial charge on any atom is 0.338 e. The second-order valence-corrected chi connectivity index (χ2v) is 9.08. The van der Waals surface area contributed by atoms with Crippen LogP contribution in [0, 0.1) is 0 Å². The van der Waals surface area contributed by atoms with E-state index in [0.717, 1.165) is 4.88 Å². The number of allylic oxidation sites excluding steroid dienone is 1. The fourth-order valence-corrected chi connectivity index (χ4v) is 5.45. The Morgan fingerprint density at radius 3 is 2.61 bits per heavy atom. The minimum Gasteiger partial charge on any atom is -0.493 e. The molecule has 0 fully saturated rings. The number of ether oxygens (including phenoxy) is 3. The Labute approximate surface area is 196 Å². The first-order valence-electron chi connectivity index (χ1n) is 9.84. The fraction of sp³-hybridized carbons (Fsp3) is 0.217. The summed E-state index contributed by atoms with van der Waals surface area (Å²) < 4.78 is 17.4. The Morgan fingerprint density at radius 1 is 1.18 bits per heavy atom. The van der Waals surface area contributed by atoms with Crippen LogP contribution in [0.5, 0.6) is 11.5 Å². The second kappa shape index (κ2) is 9.16. The molecule has 170 valence electrons. The lowest BCUT2D eigenvalue weighted by molar-refractivity contribution is -0.136. The third-order valence-electron chi connectivity index (χ3n) is 4.98. The number of carbonyl (C=O) groups excluding carboxylic acids is 2. The van der Waals surface area contributed by atoms with Crippen molar-refractivity contribution in [2.45, 2.75) is 19.9 Å². The molecule has 0 aliphatic carbocycles. The van der Waals surface area contributed by atoms with Crippen molar-refractivity contribution in [2.24, 2.45) is 4.99 Å². The van der Waals surface area contributed by atoms with Gasteiger partial charge in [0.15, 0.2) is 16.3 Å². The Bertz CT molecular complexity index is 1450. The summed E-state index contributed by atoms with van der Waals surface area (Å²) in [6.07, 6.45) is 1.69. The third kappa shape index (κ3) is 4.27. The van der Waals surface area contributed by atoms with Crippen LogP contribution in [0.2, 0.25) is 0 Å². The van der Waals surface area contributed by atoms with Crippen LogP contribution in [0.3, 0.4) is 0 Å². The van der Waals surface area contributed by atoms with Crippen LogP contribution in [-0.4, -0.2) is 30.7 Å². The van der Waals surface area contributed by atoms with Gasteiger partial charge in [-0.1, -0.05) is 23.5 Å². The monoisotopic (exact) mass is 484 g/mol. The van der Waals surface area contributed by atoms with Crippen LogP contribution in [0.1, 0.15) is 30.3 Å². The van der Waals surface area contributed by atoms with Gasteiger partial charge in [-0.25, -0.2) is 9.79 Å². The number of carbonyl (C=O) groups is 2. The molecule has 0 saturated heterocycles. The Morgan fingerprint density at radius 2 is 1.97 bits per heavy atom. The fourth-order valence-electron chi connectivity index (χ4n) is 3.58. The van der Waals surface area contributed by atoms with Gasteiger partial charge in [0.05, 0.1) is 30.0 Å². The molecule has 0 spiro atoms. The summed E-state index contributed by atoms with van der Waals surface area (Å²) in [5, 5.41) is 1.89. The molecule has 1 aliphatic heterocycles.